The normalized spacial score (nSPS) is 11.0. The minimum atomic E-state index is -0.287. The SMILES string of the molecule is Cc1cc(CC(=O)Nc2cc(-c3[nH]c4cccnc4c3-c3ccccn3)ccn2)ccc1F. The predicted molar refractivity (Wildman–Crippen MR) is 126 cm³/mol. The second kappa shape index (κ2) is 8.63. The molecular formula is C26H20FN5O. The number of halogens is 1. The van der Waals surface area contributed by atoms with Crippen LogP contribution in [0.15, 0.2) is 79.3 Å². The number of carbonyl (C=O) groups is 1. The molecule has 0 saturated carbocycles. The summed E-state index contributed by atoms with van der Waals surface area (Å²) in [6.45, 7) is 1.68. The predicted octanol–water partition coefficient (Wildman–Crippen LogP) is 5.32. The molecule has 4 aromatic heterocycles. The van der Waals surface area contributed by atoms with E-state index in [1.165, 1.54) is 6.07 Å². The molecule has 0 spiro atoms. The quantitative estimate of drug-likeness (QED) is 0.390. The average molecular weight is 437 g/mol. The van der Waals surface area contributed by atoms with Gasteiger partial charge in [0.15, 0.2) is 0 Å². The number of benzene rings is 1. The van der Waals surface area contributed by atoms with Crippen LogP contribution in [0.1, 0.15) is 11.1 Å². The van der Waals surface area contributed by atoms with Gasteiger partial charge in [-0.1, -0.05) is 18.2 Å². The summed E-state index contributed by atoms with van der Waals surface area (Å²) in [7, 11) is 0. The number of nitrogens with one attached hydrogen (secondary N) is 2. The van der Waals surface area contributed by atoms with Gasteiger partial charge in [-0.3, -0.25) is 14.8 Å². The molecule has 1 amide bonds. The topological polar surface area (TPSA) is 83.6 Å². The lowest BCUT2D eigenvalue weighted by molar-refractivity contribution is -0.115. The van der Waals surface area contributed by atoms with Gasteiger partial charge in [-0.15, -0.1) is 0 Å². The monoisotopic (exact) mass is 437 g/mol. The molecule has 0 radical (unpaired) electrons. The highest BCUT2D eigenvalue weighted by molar-refractivity contribution is 6.01. The zero-order valence-electron chi connectivity index (χ0n) is 17.8. The summed E-state index contributed by atoms with van der Waals surface area (Å²) in [6.07, 6.45) is 5.27. The summed E-state index contributed by atoms with van der Waals surface area (Å²) in [5.41, 5.74) is 6.33. The second-order valence-electron chi connectivity index (χ2n) is 7.73. The first-order chi connectivity index (χ1) is 16.1. The van der Waals surface area contributed by atoms with Gasteiger partial charge in [-0.05, 0) is 60.5 Å². The Bertz CT molecular complexity index is 1460. The van der Waals surface area contributed by atoms with E-state index in [1.54, 1.807) is 37.6 Å². The fourth-order valence-corrected chi connectivity index (χ4v) is 3.84. The summed E-state index contributed by atoms with van der Waals surface area (Å²) in [5, 5.41) is 2.84. The highest BCUT2D eigenvalue weighted by Gasteiger charge is 2.17. The number of amides is 1. The van der Waals surface area contributed by atoms with E-state index in [2.05, 4.69) is 25.3 Å². The van der Waals surface area contributed by atoms with Crippen LogP contribution in [-0.4, -0.2) is 25.8 Å². The maximum Gasteiger partial charge on any atom is 0.229 e. The van der Waals surface area contributed by atoms with Crippen molar-refractivity contribution in [2.24, 2.45) is 0 Å². The molecule has 5 rings (SSSR count). The maximum atomic E-state index is 13.5. The minimum absolute atomic E-state index is 0.128. The molecule has 6 nitrogen and oxygen atoms in total. The van der Waals surface area contributed by atoms with E-state index < -0.39 is 0 Å². The van der Waals surface area contributed by atoms with E-state index in [0.29, 0.717) is 11.4 Å². The van der Waals surface area contributed by atoms with Gasteiger partial charge in [-0.2, -0.15) is 0 Å². The molecule has 4 heterocycles. The highest BCUT2D eigenvalue weighted by atomic mass is 19.1. The largest absolute Gasteiger partial charge is 0.353 e. The third kappa shape index (κ3) is 4.21. The van der Waals surface area contributed by atoms with E-state index in [-0.39, 0.29) is 18.1 Å². The number of aromatic amines is 1. The first kappa shape index (κ1) is 20.5. The lowest BCUT2D eigenvalue weighted by Gasteiger charge is -2.08. The molecule has 1 aromatic carbocycles. The van der Waals surface area contributed by atoms with Crippen LogP contribution in [0.4, 0.5) is 10.2 Å². The van der Waals surface area contributed by atoms with E-state index in [1.807, 2.05) is 42.5 Å². The number of aryl methyl sites for hydroxylation is 1. The number of hydrogen-bond acceptors (Lipinski definition) is 4. The van der Waals surface area contributed by atoms with Crippen LogP contribution in [-0.2, 0) is 11.2 Å². The first-order valence-corrected chi connectivity index (χ1v) is 10.5. The number of aromatic nitrogens is 4. The molecule has 7 heteroatoms. The van der Waals surface area contributed by atoms with Gasteiger partial charge < -0.3 is 10.3 Å². The average Bonchev–Trinajstić information content (AvgIpc) is 3.22. The van der Waals surface area contributed by atoms with E-state index >= 15 is 0 Å². The van der Waals surface area contributed by atoms with Gasteiger partial charge in [0.1, 0.15) is 11.6 Å². The Hall–Kier alpha value is -4.39. The fourth-order valence-electron chi connectivity index (χ4n) is 3.84. The van der Waals surface area contributed by atoms with Crippen LogP contribution < -0.4 is 5.32 Å². The lowest BCUT2D eigenvalue weighted by atomic mass is 10.0. The Morgan fingerprint density at radius 3 is 2.67 bits per heavy atom. The summed E-state index contributed by atoms with van der Waals surface area (Å²) in [6, 6.07) is 17.9. The van der Waals surface area contributed by atoms with Gasteiger partial charge in [0.05, 0.1) is 34.4 Å². The molecule has 0 bridgehead atoms. The third-order valence-corrected chi connectivity index (χ3v) is 5.38. The number of fused-ring (bicyclic) bond motifs is 1. The maximum absolute atomic E-state index is 13.5. The molecule has 33 heavy (non-hydrogen) atoms. The van der Waals surface area contributed by atoms with Crippen molar-refractivity contribution in [1.82, 2.24) is 19.9 Å². The number of pyridine rings is 3. The van der Waals surface area contributed by atoms with Crippen LogP contribution in [0.3, 0.4) is 0 Å². The molecule has 0 aliphatic rings. The molecule has 0 aliphatic heterocycles. The van der Waals surface area contributed by atoms with Crippen molar-refractivity contribution in [3.8, 4) is 22.5 Å². The number of carbonyl (C=O) groups excluding carboxylic acids is 1. The van der Waals surface area contributed by atoms with Crippen molar-refractivity contribution in [3.63, 3.8) is 0 Å². The first-order valence-electron chi connectivity index (χ1n) is 10.5. The number of hydrogen-bond donors (Lipinski definition) is 2. The Morgan fingerprint density at radius 2 is 1.85 bits per heavy atom. The van der Waals surface area contributed by atoms with Crippen LogP contribution in [0.2, 0.25) is 0 Å². The van der Waals surface area contributed by atoms with Gasteiger partial charge in [0.2, 0.25) is 5.91 Å². The van der Waals surface area contributed by atoms with Gasteiger partial charge >= 0.3 is 0 Å². The highest BCUT2D eigenvalue weighted by Crippen LogP contribution is 2.36. The van der Waals surface area contributed by atoms with Crippen molar-refractivity contribution >= 4 is 22.8 Å². The van der Waals surface area contributed by atoms with Gasteiger partial charge in [0.25, 0.3) is 0 Å². The number of nitrogens with zero attached hydrogens (tertiary/aromatic N) is 3. The summed E-state index contributed by atoms with van der Waals surface area (Å²) >= 11 is 0. The fraction of sp³-hybridized carbons (Fsp3) is 0.0769. The molecule has 162 valence electrons. The third-order valence-electron chi connectivity index (χ3n) is 5.38. The summed E-state index contributed by atoms with van der Waals surface area (Å²) in [5.74, 6) is -0.0890. The summed E-state index contributed by atoms with van der Waals surface area (Å²) < 4.78 is 13.5. The lowest BCUT2D eigenvalue weighted by Crippen LogP contribution is -2.15. The van der Waals surface area contributed by atoms with E-state index in [0.717, 1.165) is 39.1 Å². The van der Waals surface area contributed by atoms with Crippen molar-refractivity contribution in [2.75, 3.05) is 5.32 Å². The Balaban J connectivity index is 1.47. The van der Waals surface area contributed by atoms with Gasteiger partial charge in [0, 0.05) is 24.2 Å². The smallest absolute Gasteiger partial charge is 0.229 e. The Labute approximate surface area is 189 Å². The molecular weight excluding hydrogens is 417 g/mol. The Kier molecular flexibility index (Phi) is 5.36. The van der Waals surface area contributed by atoms with Crippen LogP contribution in [0.25, 0.3) is 33.5 Å². The standard InChI is InChI=1S/C26H20FN5O/c1-16-13-17(7-8-19(16)27)14-23(33)32-22-15-18(9-12-29-22)25-24(20-5-2-3-10-28-20)26-21(31-25)6-4-11-30-26/h2-13,15,31H,14H2,1H3,(H,29,32,33). The van der Waals surface area contributed by atoms with Crippen LogP contribution >= 0.6 is 0 Å². The molecule has 0 atom stereocenters. The number of anilines is 1. The molecule has 2 N–H and O–H groups in total. The zero-order chi connectivity index (χ0) is 22.8. The number of H-pyrrole nitrogens is 1. The molecule has 5 aromatic rings. The number of rotatable bonds is 5. The summed E-state index contributed by atoms with van der Waals surface area (Å²) in [4.78, 5) is 29.4. The van der Waals surface area contributed by atoms with Crippen LogP contribution in [0.5, 0.6) is 0 Å². The van der Waals surface area contributed by atoms with Crippen molar-refractivity contribution in [3.05, 3.63) is 96.2 Å². The minimum Gasteiger partial charge on any atom is -0.353 e. The molecule has 0 fully saturated rings. The second-order valence-corrected chi connectivity index (χ2v) is 7.73. The molecule has 0 saturated heterocycles. The van der Waals surface area contributed by atoms with Crippen molar-refractivity contribution in [2.45, 2.75) is 13.3 Å². The van der Waals surface area contributed by atoms with Crippen molar-refractivity contribution < 1.29 is 9.18 Å². The van der Waals surface area contributed by atoms with E-state index in [4.69, 9.17) is 0 Å². The van der Waals surface area contributed by atoms with E-state index in [9.17, 15) is 9.18 Å². The molecule has 0 aliphatic carbocycles. The molecule has 0 unspecified atom stereocenters. The Morgan fingerprint density at radius 1 is 0.970 bits per heavy atom. The zero-order valence-corrected chi connectivity index (χ0v) is 17.8. The van der Waals surface area contributed by atoms with Crippen LogP contribution in [0, 0.1) is 12.7 Å². The van der Waals surface area contributed by atoms with Gasteiger partial charge in [-0.25, -0.2) is 9.37 Å². The van der Waals surface area contributed by atoms with Crippen molar-refractivity contribution in [1.29, 1.82) is 0 Å².